The maximum absolute atomic E-state index is 10.4. The molecule has 1 aromatic carbocycles. The number of hydrogen-bond acceptors (Lipinski definition) is 3. The number of rotatable bonds is 6. The van der Waals surface area contributed by atoms with Crippen molar-refractivity contribution >= 4 is 0 Å². The van der Waals surface area contributed by atoms with Crippen LogP contribution in [0.1, 0.15) is 51.2 Å². The van der Waals surface area contributed by atoms with Crippen molar-refractivity contribution in [3.05, 3.63) is 29.8 Å². The van der Waals surface area contributed by atoms with Gasteiger partial charge in [-0.3, -0.25) is 0 Å². The summed E-state index contributed by atoms with van der Waals surface area (Å²) in [6.45, 7) is 7.57. The SMILES string of the molecule is CCC1(CC)CCN(CC(O)c2ccc(OC)cc2)CC1. The highest BCUT2D eigenvalue weighted by atomic mass is 16.5. The molecule has 1 aromatic rings. The summed E-state index contributed by atoms with van der Waals surface area (Å²) in [4.78, 5) is 2.40. The molecule has 0 bridgehead atoms. The van der Waals surface area contributed by atoms with Crippen LogP contribution in [0.2, 0.25) is 0 Å². The summed E-state index contributed by atoms with van der Waals surface area (Å²) in [5, 5.41) is 10.4. The largest absolute Gasteiger partial charge is 0.497 e. The van der Waals surface area contributed by atoms with E-state index in [9.17, 15) is 5.11 Å². The molecule has 0 aliphatic carbocycles. The van der Waals surface area contributed by atoms with Crippen molar-refractivity contribution < 1.29 is 9.84 Å². The van der Waals surface area contributed by atoms with Gasteiger partial charge in [-0.15, -0.1) is 0 Å². The minimum atomic E-state index is -0.411. The average Bonchev–Trinajstić information content (AvgIpc) is 2.56. The average molecular weight is 291 g/mol. The molecule has 0 amide bonds. The van der Waals surface area contributed by atoms with Crippen molar-refractivity contribution in [2.75, 3.05) is 26.7 Å². The Morgan fingerprint density at radius 2 is 1.71 bits per heavy atom. The minimum absolute atomic E-state index is 0.411. The van der Waals surface area contributed by atoms with E-state index in [0.717, 1.165) is 30.9 Å². The molecular formula is C18H29NO2. The van der Waals surface area contributed by atoms with E-state index in [1.165, 1.54) is 25.7 Å². The van der Waals surface area contributed by atoms with Crippen LogP contribution in [-0.2, 0) is 0 Å². The molecule has 2 rings (SSSR count). The highest BCUT2D eigenvalue weighted by Gasteiger charge is 2.31. The van der Waals surface area contributed by atoms with Crippen LogP contribution < -0.4 is 4.74 Å². The summed E-state index contributed by atoms with van der Waals surface area (Å²) >= 11 is 0. The molecule has 1 atom stereocenters. The van der Waals surface area contributed by atoms with Gasteiger partial charge < -0.3 is 14.7 Å². The van der Waals surface area contributed by atoms with Gasteiger partial charge in [-0.2, -0.15) is 0 Å². The van der Waals surface area contributed by atoms with Gasteiger partial charge in [-0.1, -0.05) is 38.8 Å². The lowest BCUT2D eigenvalue weighted by Gasteiger charge is -2.41. The normalized spacial score (nSPS) is 20.2. The Kier molecular flexibility index (Phi) is 5.65. The summed E-state index contributed by atoms with van der Waals surface area (Å²) in [7, 11) is 1.66. The zero-order chi connectivity index (χ0) is 15.3. The third-order valence-electron chi connectivity index (χ3n) is 5.35. The summed E-state index contributed by atoms with van der Waals surface area (Å²) in [6.07, 6.45) is 4.66. The van der Waals surface area contributed by atoms with Crippen molar-refractivity contribution in [3.63, 3.8) is 0 Å². The first kappa shape index (κ1) is 16.3. The number of likely N-dealkylation sites (tertiary alicyclic amines) is 1. The third kappa shape index (κ3) is 3.98. The lowest BCUT2D eigenvalue weighted by atomic mass is 9.74. The van der Waals surface area contributed by atoms with E-state index in [0.29, 0.717) is 5.41 Å². The van der Waals surface area contributed by atoms with Crippen LogP contribution in [0.5, 0.6) is 5.75 Å². The molecule has 1 saturated heterocycles. The van der Waals surface area contributed by atoms with E-state index >= 15 is 0 Å². The zero-order valence-electron chi connectivity index (χ0n) is 13.6. The van der Waals surface area contributed by atoms with Gasteiger partial charge in [0.15, 0.2) is 0 Å². The van der Waals surface area contributed by atoms with Crippen molar-refractivity contribution in [1.82, 2.24) is 4.90 Å². The van der Waals surface area contributed by atoms with E-state index in [4.69, 9.17) is 4.74 Å². The molecule has 1 fully saturated rings. The number of methoxy groups -OCH3 is 1. The second-order valence-electron chi connectivity index (χ2n) is 6.30. The Bertz CT molecular complexity index is 415. The molecule has 0 aromatic heterocycles. The number of piperidine rings is 1. The molecule has 118 valence electrons. The van der Waals surface area contributed by atoms with Crippen molar-refractivity contribution in [3.8, 4) is 5.75 Å². The molecule has 3 heteroatoms. The standard InChI is InChI=1S/C18H29NO2/c1-4-18(5-2)10-12-19(13-11-18)14-17(20)15-6-8-16(21-3)9-7-15/h6-9,17,20H,4-5,10-14H2,1-3H3. The Balaban J connectivity index is 1.87. The molecular weight excluding hydrogens is 262 g/mol. The molecule has 1 heterocycles. The first-order valence-electron chi connectivity index (χ1n) is 8.17. The lowest BCUT2D eigenvalue weighted by molar-refractivity contribution is 0.0532. The molecule has 1 unspecified atom stereocenters. The summed E-state index contributed by atoms with van der Waals surface area (Å²) in [6, 6.07) is 7.73. The fourth-order valence-electron chi connectivity index (χ4n) is 3.34. The third-order valence-corrected chi connectivity index (χ3v) is 5.35. The van der Waals surface area contributed by atoms with Gasteiger partial charge in [-0.05, 0) is 49.0 Å². The lowest BCUT2D eigenvalue weighted by Crippen LogP contribution is -2.41. The van der Waals surface area contributed by atoms with Crippen LogP contribution in [0.4, 0.5) is 0 Å². The molecule has 0 saturated carbocycles. The van der Waals surface area contributed by atoms with Gasteiger partial charge in [0, 0.05) is 6.54 Å². The Morgan fingerprint density at radius 1 is 1.14 bits per heavy atom. The number of ether oxygens (including phenoxy) is 1. The number of β-amino-alcohol motifs (C(OH)–C–C–N with tert-alkyl or cyclic N) is 1. The maximum Gasteiger partial charge on any atom is 0.118 e. The van der Waals surface area contributed by atoms with Gasteiger partial charge in [0.2, 0.25) is 0 Å². The van der Waals surface area contributed by atoms with E-state index in [1.807, 2.05) is 24.3 Å². The van der Waals surface area contributed by atoms with Crippen LogP contribution in [0.25, 0.3) is 0 Å². The van der Waals surface area contributed by atoms with Gasteiger partial charge in [0.05, 0.1) is 13.2 Å². The first-order chi connectivity index (χ1) is 10.1. The molecule has 1 N–H and O–H groups in total. The van der Waals surface area contributed by atoms with Gasteiger partial charge >= 0.3 is 0 Å². The molecule has 21 heavy (non-hydrogen) atoms. The van der Waals surface area contributed by atoms with Crippen LogP contribution in [-0.4, -0.2) is 36.8 Å². The Hall–Kier alpha value is -1.06. The van der Waals surface area contributed by atoms with Crippen LogP contribution >= 0.6 is 0 Å². The van der Waals surface area contributed by atoms with E-state index < -0.39 is 6.10 Å². The van der Waals surface area contributed by atoms with Crippen LogP contribution in [0, 0.1) is 5.41 Å². The Labute approximate surface area is 128 Å². The highest BCUT2D eigenvalue weighted by molar-refractivity contribution is 5.28. The topological polar surface area (TPSA) is 32.7 Å². The van der Waals surface area contributed by atoms with E-state index in [1.54, 1.807) is 7.11 Å². The predicted molar refractivity (Wildman–Crippen MR) is 86.6 cm³/mol. The minimum Gasteiger partial charge on any atom is -0.497 e. The number of benzene rings is 1. The summed E-state index contributed by atoms with van der Waals surface area (Å²) < 4.78 is 5.15. The van der Waals surface area contributed by atoms with Crippen molar-refractivity contribution in [2.24, 2.45) is 5.41 Å². The van der Waals surface area contributed by atoms with Crippen LogP contribution in [0.15, 0.2) is 24.3 Å². The smallest absolute Gasteiger partial charge is 0.118 e. The molecule has 3 nitrogen and oxygen atoms in total. The number of aliphatic hydroxyl groups excluding tert-OH is 1. The summed E-state index contributed by atoms with van der Waals surface area (Å²) in [5.41, 5.74) is 1.51. The molecule has 0 spiro atoms. The Morgan fingerprint density at radius 3 is 2.19 bits per heavy atom. The zero-order valence-corrected chi connectivity index (χ0v) is 13.6. The summed E-state index contributed by atoms with van der Waals surface area (Å²) in [5.74, 6) is 0.833. The molecule has 1 aliphatic rings. The number of nitrogens with zero attached hydrogens (tertiary/aromatic N) is 1. The second-order valence-corrected chi connectivity index (χ2v) is 6.30. The number of aliphatic hydroxyl groups is 1. The second kappa shape index (κ2) is 7.28. The highest BCUT2D eigenvalue weighted by Crippen LogP contribution is 2.38. The maximum atomic E-state index is 10.4. The van der Waals surface area contributed by atoms with Crippen molar-refractivity contribution in [2.45, 2.75) is 45.6 Å². The van der Waals surface area contributed by atoms with Gasteiger partial charge in [0.1, 0.15) is 5.75 Å². The monoisotopic (exact) mass is 291 g/mol. The predicted octanol–water partition coefficient (Wildman–Crippen LogP) is 3.63. The fraction of sp³-hybridized carbons (Fsp3) is 0.667. The molecule has 0 radical (unpaired) electrons. The van der Waals surface area contributed by atoms with Gasteiger partial charge in [0.25, 0.3) is 0 Å². The van der Waals surface area contributed by atoms with Gasteiger partial charge in [-0.25, -0.2) is 0 Å². The van der Waals surface area contributed by atoms with E-state index in [-0.39, 0.29) is 0 Å². The van der Waals surface area contributed by atoms with Crippen molar-refractivity contribution in [1.29, 1.82) is 0 Å². The molecule has 1 aliphatic heterocycles. The van der Waals surface area contributed by atoms with E-state index in [2.05, 4.69) is 18.7 Å². The fourth-order valence-corrected chi connectivity index (χ4v) is 3.34. The van der Waals surface area contributed by atoms with Crippen LogP contribution in [0.3, 0.4) is 0 Å². The number of hydrogen-bond donors (Lipinski definition) is 1. The first-order valence-corrected chi connectivity index (χ1v) is 8.17. The quantitative estimate of drug-likeness (QED) is 0.868.